The zero-order valence-corrected chi connectivity index (χ0v) is 17.8. The van der Waals surface area contributed by atoms with E-state index in [0.717, 1.165) is 18.5 Å². The van der Waals surface area contributed by atoms with E-state index < -0.39 is 5.97 Å². The van der Waals surface area contributed by atoms with Gasteiger partial charge in [0.25, 0.3) is 5.78 Å². The number of anilines is 1. The van der Waals surface area contributed by atoms with Gasteiger partial charge in [-0.05, 0) is 56.4 Å². The fourth-order valence-corrected chi connectivity index (χ4v) is 4.52. The van der Waals surface area contributed by atoms with Gasteiger partial charge in [0.15, 0.2) is 0 Å². The second-order valence-electron chi connectivity index (χ2n) is 7.42. The highest BCUT2D eigenvalue weighted by atomic mass is 32.2. The Bertz CT molecular complexity index is 1140. The molecule has 2 aromatic heterocycles. The smallest absolute Gasteiger partial charge is 0.307 e. The van der Waals surface area contributed by atoms with Crippen molar-refractivity contribution in [2.45, 2.75) is 51.1 Å². The van der Waals surface area contributed by atoms with Gasteiger partial charge in [-0.15, -0.1) is 5.10 Å². The molecule has 1 aromatic carbocycles. The van der Waals surface area contributed by atoms with Crippen molar-refractivity contribution in [1.29, 1.82) is 0 Å². The van der Waals surface area contributed by atoms with Crippen LogP contribution in [0.3, 0.4) is 0 Å². The summed E-state index contributed by atoms with van der Waals surface area (Å²) in [5.74, 6) is 0.0157. The first kappa shape index (κ1) is 20.3. The predicted octanol–water partition coefficient (Wildman–Crippen LogP) is 2.98. The minimum Gasteiger partial charge on any atom is -0.481 e. The number of hydrogen-bond donors (Lipinski definition) is 2. The molecule has 0 fully saturated rings. The summed E-state index contributed by atoms with van der Waals surface area (Å²) in [5, 5.41) is 17.0. The van der Waals surface area contributed by atoms with E-state index in [2.05, 4.69) is 32.5 Å². The molecule has 4 rings (SSSR count). The normalized spacial score (nSPS) is 12.9. The van der Waals surface area contributed by atoms with E-state index in [1.165, 1.54) is 29.3 Å². The maximum atomic E-state index is 12.3. The van der Waals surface area contributed by atoms with Gasteiger partial charge in [-0.3, -0.25) is 9.59 Å². The molecule has 3 aromatic rings. The van der Waals surface area contributed by atoms with E-state index in [9.17, 15) is 9.59 Å². The molecule has 2 N–H and O–H groups in total. The summed E-state index contributed by atoms with van der Waals surface area (Å²) >= 11 is 1.38. The lowest BCUT2D eigenvalue weighted by Gasteiger charge is -2.07. The Hall–Kier alpha value is -2.94. The van der Waals surface area contributed by atoms with Gasteiger partial charge in [0.2, 0.25) is 11.1 Å². The molecule has 30 heavy (non-hydrogen) atoms. The van der Waals surface area contributed by atoms with Crippen molar-refractivity contribution >= 4 is 35.1 Å². The number of aromatic nitrogens is 4. The predicted molar refractivity (Wildman–Crippen MR) is 114 cm³/mol. The Labute approximate surface area is 178 Å². The molecule has 0 atom stereocenters. The summed E-state index contributed by atoms with van der Waals surface area (Å²) < 4.78 is 1.57. The summed E-state index contributed by atoms with van der Waals surface area (Å²) in [6, 6.07) is 6.14. The van der Waals surface area contributed by atoms with E-state index in [1.54, 1.807) is 11.4 Å². The highest BCUT2D eigenvalue weighted by Crippen LogP contribution is 2.25. The van der Waals surface area contributed by atoms with Crippen LogP contribution in [0.4, 0.5) is 5.69 Å². The third-order valence-corrected chi connectivity index (χ3v) is 6.14. The van der Waals surface area contributed by atoms with Gasteiger partial charge in [0, 0.05) is 34.8 Å². The molecule has 0 unspecified atom stereocenters. The number of aryl methyl sites for hydroxylation is 4. The molecule has 9 heteroatoms. The van der Waals surface area contributed by atoms with Crippen LogP contribution in [-0.2, 0) is 28.9 Å². The van der Waals surface area contributed by atoms with Crippen LogP contribution in [0.15, 0.2) is 23.4 Å². The zero-order valence-electron chi connectivity index (χ0n) is 16.9. The summed E-state index contributed by atoms with van der Waals surface area (Å²) in [7, 11) is 0. The Kier molecular flexibility index (Phi) is 5.72. The Morgan fingerprint density at radius 1 is 1.20 bits per heavy atom. The van der Waals surface area contributed by atoms with Gasteiger partial charge in [0.05, 0.1) is 6.42 Å². The average Bonchev–Trinajstić information content (AvgIpc) is 3.31. The van der Waals surface area contributed by atoms with Gasteiger partial charge in [-0.1, -0.05) is 17.8 Å². The highest BCUT2D eigenvalue weighted by molar-refractivity contribution is 7.99. The molecular formula is C21H23N5O3S. The first-order chi connectivity index (χ1) is 14.4. The topological polar surface area (TPSA) is 109 Å². The summed E-state index contributed by atoms with van der Waals surface area (Å²) in [5.41, 5.74) is 5.56. The first-order valence-electron chi connectivity index (χ1n) is 9.90. The molecular weight excluding hydrogens is 402 g/mol. The highest BCUT2D eigenvalue weighted by Gasteiger charge is 2.16. The van der Waals surface area contributed by atoms with Crippen molar-refractivity contribution in [2.75, 3.05) is 11.1 Å². The van der Waals surface area contributed by atoms with Crippen LogP contribution in [-0.4, -0.2) is 42.3 Å². The maximum absolute atomic E-state index is 12.3. The number of hydrogen-bond acceptors (Lipinski definition) is 6. The number of nitrogens with one attached hydrogen (secondary N) is 1. The van der Waals surface area contributed by atoms with Gasteiger partial charge in [-0.25, -0.2) is 9.50 Å². The van der Waals surface area contributed by atoms with E-state index in [4.69, 9.17) is 5.11 Å². The van der Waals surface area contributed by atoms with Crippen molar-refractivity contribution < 1.29 is 14.7 Å². The minimum atomic E-state index is -0.911. The van der Waals surface area contributed by atoms with E-state index in [-0.39, 0.29) is 12.3 Å². The zero-order chi connectivity index (χ0) is 21.3. The number of carboxylic acid groups (broad SMARTS) is 1. The number of carbonyl (C=O) groups excluding carboxylic acids is 1. The third kappa shape index (κ3) is 4.30. The average molecular weight is 426 g/mol. The van der Waals surface area contributed by atoms with Crippen molar-refractivity contribution in [3.63, 3.8) is 0 Å². The molecule has 0 bridgehead atoms. The van der Waals surface area contributed by atoms with Crippen LogP contribution < -0.4 is 5.32 Å². The molecule has 0 aliphatic heterocycles. The van der Waals surface area contributed by atoms with E-state index >= 15 is 0 Å². The van der Waals surface area contributed by atoms with Gasteiger partial charge < -0.3 is 10.4 Å². The molecule has 0 saturated heterocycles. The molecule has 2 heterocycles. The lowest BCUT2D eigenvalue weighted by Crippen LogP contribution is -2.12. The van der Waals surface area contributed by atoms with Crippen LogP contribution in [0, 0.1) is 13.8 Å². The molecule has 1 aliphatic rings. The number of benzene rings is 1. The molecule has 0 saturated carbocycles. The fourth-order valence-electron chi connectivity index (χ4n) is 3.77. The number of carboxylic acids is 1. The van der Waals surface area contributed by atoms with Gasteiger partial charge in [-0.2, -0.15) is 4.98 Å². The number of fused-ring (bicyclic) bond motifs is 2. The number of rotatable bonds is 7. The summed E-state index contributed by atoms with van der Waals surface area (Å²) in [6.07, 6.45) is 3.62. The number of carbonyl (C=O) groups is 2. The van der Waals surface area contributed by atoms with Crippen LogP contribution in [0.2, 0.25) is 0 Å². The third-order valence-electron chi connectivity index (χ3n) is 5.30. The quantitative estimate of drug-likeness (QED) is 0.560. The Morgan fingerprint density at radius 3 is 2.80 bits per heavy atom. The van der Waals surface area contributed by atoms with Crippen LogP contribution in [0.25, 0.3) is 5.78 Å². The second-order valence-corrected chi connectivity index (χ2v) is 8.48. The van der Waals surface area contributed by atoms with E-state index in [1.807, 2.05) is 13.0 Å². The summed E-state index contributed by atoms with van der Waals surface area (Å²) in [6.45, 7) is 3.59. The lowest BCUT2D eigenvalue weighted by atomic mass is 10.1. The number of thioether (sulfide) groups is 1. The van der Waals surface area contributed by atoms with Crippen LogP contribution in [0.5, 0.6) is 0 Å². The Morgan fingerprint density at radius 2 is 2.00 bits per heavy atom. The van der Waals surface area contributed by atoms with Crippen molar-refractivity contribution in [1.82, 2.24) is 19.6 Å². The molecule has 156 valence electrons. The van der Waals surface area contributed by atoms with Crippen molar-refractivity contribution in [3.8, 4) is 0 Å². The lowest BCUT2D eigenvalue weighted by molar-refractivity contribution is -0.136. The standard InChI is InChI=1S/C21H23N5O3S/c1-12-17(11-19(28)29)13(2)26-20(22-12)24-21(25-26)30-9-8-18(27)23-16-7-6-14-4-3-5-15(14)10-16/h6-7,10H,3-5,8-9,11H2,1-2H3,(H,23,27)(H,28,29). The summed E-state index contributed by atoms with van der Waals surface area (Å²) in [4.78, 5) is 32.1. The SMILES string of the molecule is Cc1nc2nc(SCCC(=O)Nc3ccc4c(c3)CCC4)nn2c(C)c1CC(=O)O. The number of amides is 1. The number of nitrogens with zero attached hydrogens (tertiary/aromatic N) is 4. The molecule has 1 aliphatic carbocycles. The number of aliphatic carboxylic acids is 1. The van der Waals surface area contributed by atoms with Crippen LogP contribution >= 0.6 is 11.8 Å². The van der Waals surface area contributed by atoms with Crippen molar-refractivity contribution in [3.05, 3.63) is 46.3 Å². The van der Waals surface area contributed by atoms with Crippen LogP contribution in [0.1, 0.15) is 40.9 Å². The molecule has 0 spiro atoms. The largest absolute Gasteiger partial charge is 0.481 e. The monoisotopic (exact) mass is 425 g/mol. The first-order valence-corrected chi connectivity index (χ1v) is 10.9. The Balaban J connectivity index is 1.37. The second kappa shape index (κ2) is 8.43. The molecule has 8 nitrogen and oxygen atoms in total. The molecule has 1 amide bonds. The maximum Gasteiger partial charge on any atom is 0.307 e. The van der Waals surface area contributed by atoms with Gasteiger partial charge in [0.1, 0.15) is 0 Å². The fraction of sp³-hybridized carbons (Fsp3) is 0.381. The van der Waals surface area contributed by atoms with E-state index in [0.29, 0.717) is 40.1 Å². The van der Waals surface area contributed by atoms with Crippen molar-refractivity contribution in [2.24, 2.45) is 0 Å². The molecule has 0 radical (unpaired) electrons. The minimum absolute atomic E-state index is 0.0434. The van der Waals surface area contributed by atoms with Gasteiger partial charge >= 0.3 is 5.97 Å².